The fourth-order valence-electron chi connectivity index (χ4n) is 5.25. The Morgan fingerprint density at radius 1 is 1.17 bits per heavy atom. The number of hydrogen-bond donors (Lipinski definition) is 1. The van der Waals surface area contributed by atoms with Crippen molar-refractivity contribution in [3.8, 4) is 0 Å². The molecule has 3 heterocycles. The summed E-state index contributed by atoms with van der Waals surface area (Å²) in [6.07, 6.45) is 10.8. The van der Waals surface area contributed by atoms with Crippen molar-refractivity contribution in [2.24, 2.45) is 5.41 Å². The van der Waals surface area contributed by atoms with Gasteiger partial charge in [-0.15, -0.1) is 0 Å². The zero-order valence-corrected chi connectivity index (χ0v) is 18.3. The van der Waals surface area contributed by atoms with E-state index in [0.29, 0.717) is 0 Å². The summed E-state index contributed by atoms with van der Waals surface area (Å²) in [7, 11) is 0. The number of fused-ring (bicyclic) bond motifs is 1. The van der Waals surface area contributed by atoms with Crippen LogP contribution in [0.5, 0.6) is 0 Å². The quantitative estimate of drug-likeness (QED) is 0.823. The van der Waals surface area contributed by atoms with Gasteiger partial charge in [0.05, 0.1) is 0 Å². The number of nitrogens with zero attached hydrogens (tertiary/aromatic N) is 4. The van der Waals surface area contributed by atoms with Gasteiger partial charge in [-0.05, 0) is 65.7 Å². The van der Waals surface area contributed by atoms with E-state index in [9.17, 15) is 4.79 Å². The van der Waals surface area contributed by atoms with Gasteiger partial charge in [-0.2, -0.15) is 0 Å². The number of ether oxygens (including phenoxy) is 1. The van der Waals surface area contributed by atoms with Gasteiger partial charge in [0.2, 0.25) is 5.95 Å². The highest BCUT2D eigenvalue weighted by molar-refractivity contribution is 5.69. The number of piperidine rings is 1. The Bertz CT molecular complexity index is 908. The molecule has 1 spiro atoms. The van der Waals surface area contributed by atoms with Crippen molar-refractivity contribution in [3.63, 3.8) is 0 Å². The number of aromatic nitrogens is 3. The van der Waals surface area contributed by atoms with E-state index in [-0.39, 0.29) is 17.0 Å². The van der Waals surface area contributed by atoms with E-state index in [4.69, 9.17) is 9.72 Å². The molecule has 2 aromatic rings. The molecule has 1 unspecified atom stereocenters. The van der Waals surface area contributed by atoms with Crippen LogP contribution in [-0.4, -0.2) is 44.7 Å². The predicted octanol–water partition coefficient (Wildman–Crippen LogP) is 4.09. The summed E-state index contributed by atoms with van der Waals surface area (Å²) >= 11 is 0. The van der Waals surface area contributed by atoms with Crippen molar-refractivity contribution in [1.82, 2.24) is 19.7 Å². The second-order valence-corrected chi connectivity index (χ2v) is 9.94. The third-order valence-electron chi connectivity index (χ3n) is 6.87. The molecule has 2 aromatic heterocycles. The summed E-state index contributed by atoms with van der Waals surface area (Å²) < 4.78 is 7.64. The van der Waals surface area contributed by atoms with E-state index in [0.717, 1.165) is 62.4 Å². The van der Waals surface area contributed by atoms with Crippen LogP contribution in [-0.2, 0) is 4.74 Å². The first-order chi connectivity index (χ1) is 13.6. The number of aryl methyl sites for hydroxylation is 1. The van der Waals surface area contributed by atoms with Crippen LogP contribution in [0.25, 0.3) is 5.65 Å². The second-order valence-electron chi connectivity index (χ2n) is 9.94. The molecule has 4 rings (SSSR count). The molecule has 29 heavy (non-hydrogen) atoms. The molecule has 0 aromatic carbocycles. The zero-order valence-electron chi connectivity index (χ0n) is 18.3. The molecule has 7 heteroatoms. The summed E-state index contributed by atoms with van der Waals surface area (Å²) in [5, 5.41) is 3.25. The lowest BCUT2D eigenvalue weighted by atomic mass is 9.66. The van der Waals surface area contributed by atoms with Gasteiger partial charge in [0.15, 0.2) is 0 Å². The summed E-state index contributed by atoms with van der Waals surface area (Å²) in [6.45, 7) is 11.8. The average molecular weight is 400 g/mol. The van der Waals surface area contributed by atoms with Crippen LogP contribution < -0.4 is 10.2 Å². The molecule has 1 aliphatic carbocycles. The maximum atomic E-state index is 12.5. The molecule has 0 radical (unpaired) electrons. The van der Waals surface area contributed by atoms with Crippen LogP contribution in [0.15, 0.2) is 18.6 Å². The highest BCUT2D eigenvalue weighted by Crippen LogP contribution is 2.53. The van der Waals surface area contributed by atoms with Crippen molar-refractivity contribution in [3.05, 3.63) is 24.2 Å². The van der Waals surface area contributed by atoms with Crippen molar-refractivity contribution >= 4 is 17.7 Å². The largest absolute Gasteiger partial charge is 0.444 e. The Hall–Kier alpha value is -2.31. The molecule has 7 nitrogen and oxygen atoms in total. The maximum absolute atomic E-state index is 12.5. The van der Waals surface area contributed by atoms with E-state index in [1.165, 1.54) is 0 Å². The van der Waals surface area contributed by atoms with Crippen LogP contribution in [0.4, 0.5) is 10.7 Å². The lowest BCUT2D eigenvalue weighted by molar-refractivity contribution is 0.0300. The Labute approximate surface area is 172 Å². The topological polar surface area (TPSA) is 71.8 Å². The van der Waals surface area contributed by atoms with Crippen molar-refractivity contribution < 1.29 is 9.53 Å². The van der Waals surface area contributed by atoms with E-state index in [2.05, 4.69) is 26.5 Å². The minimum absolute atomic E-state index is 0.110. The Kier molecular flexibility index (Phi) is 4.74. The van der Waals surface area contributed by atoms with Crippen molar-refractivity contribution in [2.45, 2.75) is 77.9 Å². The number of rotatable bonds is 2. The number of carbonyl (C=O) groups is 1. The van der Waals surface area contributed by atoms with Crippen LogP contribution in [0.3, 0.4) is 0 Å². The van der Waals surface area contributed by atoms with E-state index < -0.39 is 5.60 Å². The lowest BCUT2D eigenvalue weighted by Gasteiger charge is -2.49. The first-order valence-electron chi connectivity index (χ1n) is 10.7. The number of amides is 1. The summed E-state index contributed by atoms with van der Waals surface area (Å²) in [5.41, 5.74) is 1.44. The average Bonchev–Trinajstić information content (AvgIpc) is 3.21. The summed E-state index contributed by atoms with van der Waals surface area (Å²) in [4.78, 5) is 24.0. The highest BCUT2D eigenvalue weighted by Gasteiger charge is 2.54. The maximum Gasteiger partial charge on any atom is 0.408 e. The number of alkyl carbamates (subject to hydrolysis) is 1. The first kappa shape index (κ1) is 20.0. The molecule has 0 bridgehead atoms. The van der Waals surface area contributed by atoms with Crippen LogP contribution in [0.1, 0.15) is 65.4 Å². The lowest BCUT2D eigenvalue weighted by Crippen LogP contribution is -2.59. The predicted molar refractivity (Wildman–Crippen MR) is 113 cm³/mol. The molecule has 1 N–H and O–H groups in total. The van der Waals surface area contributed by atoms with Crippen molar-refractivity contribution in [1.29, 1.82) is 0 Å². The third kappa shape index (κ3) is 3.55. The molecule has 1 saturated carbocycles. The van der Waals surface area contributed by atoms with Crippen LogP contribution in [0.2, 0.25) is 0 Å². The van der Waals surface area contributed by atoms with Gasteiger partial charge in [0.25, 0.3) is 0 Å². The smallest absolute Gasteiger partial charge is 0.408 e. The normalized spacial score (nSPS) is 24.2. The summed E-state index contributed by atoms with van der Waals surface area (Å²) in [6, 6.07) is 0. The van der Waals surface area contributed by atoms with E-state index >= 15 is 0 Å². The molecule has 1 amide bonds. The van der Waals surface area contributed by atoms with E-state index in [1.54, 1.807) is 0 Å². The fourth-order valence-corrected chi connectivity index (χ4v) is 5.25. The molecule has 1 atom stereocenters. The minimum Gasteiger partial charge on any atom is -0.444 e. The standard InChI is InChI=1S/C22H33N5O2/c1-16-15-24-18(27-14-11-23-17(16)27)26-12-9-22(10-13-26)8-6-7-21(22,5)25-19(28)29-20(2,3)4/h11,14-15H,6-10,12-13H2,1-5H3,(H,25,28). The molecular formula is C22H33N5O2. The van der Waals surface area contributed by atoms with Crippen molar-refractivity contribution in [2.75, 3.05) is 18.0 Å². The highest BCUT2D eigenvalue weighted by atomic mass is 16.6. The molecule has 2 aliphatic rings. The van der Waals surface area contributed by atoms with Gasteiger partial charge >= 0.3 is 6.09 Å². The number of carbonyl (C=O) groups excluding carboxylic acids is 1. The van der Waals surface area contributed by atoms with Gasteiger partial charge in [-0.25, -0.2) is 14.8 Å². The van der Waals surface area contributed by atoms with Gasteiger partial charge in [-0.1, -0.05) is 6.42 Å². The van der Waals surface area contributed by atoms with Gasteiger partial charge in [-0.3, -0.25) is 4.40 Å². The van der Waals surface area contributed by atoms with Crippen LogP contribution >= 0.6 is 0 Å². The first-order valence-corrected chi connectivity index (χ1v) is 10.7. The number of nitrogens with one attached hydrogen (secondary N) is 1. The molecule has 1 aliphatic heterocycles. The molecule has 158 valence electrons. The number of hydrogen-bond acceptors (Lipinski definition) is 5. The van der Waals surface area contributed by atoms with E-state index in [1.807, 2.05) is 46.3 Å². The fraction of sp³-hybridized carbons (Fsp3) is 0.682. The third-order valence-corrected chi connectivity index (χ3v) is 6.87. The summed E-state index contributed by atoms with van der Waals surface area (Å²) in [5.74, 6) is 0.956. The molecule has 2 fully saturated rings. The Balaban J connectivity index is 1.50. The van der Waals surface area contributed by atoms with Crippen LogP contribution in [0, 0.1) is 12.3 Å². The molecule has 1 saturated heterocycles. The SMILES string of the molecule is Cc1cnc(N2CCC3(CCCC3(C)NC(=O)OC(C)(C)C)CC2)n2ccnc12. The minimum atomic E-state index is -0.483. The zero-order chi connectivity index (χ0) is 20.9. The second kappa shape index (κ2) is 6.89. The number of anilines is 1. The molecular weight excluding hydrogens is 366 g/mol. The monoisotopic (exact) mass is 399 g/mol. The van der Waals surface area contributed by atoms with Gasteiger partial charge < -0.3 is 15.0 Å². The number of imidazole rings is 1. The Morgan fingerprint density at radius 2 is 1.90 bits per heavy atom. The van der Waals surface area contributed by atoms with Gasteiger partial charge in [0.1, 0.15) is 11.2 Å². The Morgan fingerprint density at radius 3 is 2.59 bits per heavy atom. The van der Waals surface area contributed by atoms with Gasteiger partial charge in [0, 0.05) is 42.8 Å².